The molecule has 0 atom stereocenters. The summed E-state index contributed by atoms with van der Waals surface area (Å²) >= 11 is 1.36. The molecule has 0 saturated carbocycles. The molecule has 0 bridgehead atoms. The minimum Gasteiger partial charge on any atom is -0.452 e. The molecule has 8 nitrogen and oxygen atoms in total. The van der Waals surface area contributed by atoms with Gasteiger partial charge in [-0.1, -0.05) is 0 Å². The van der Waals surface area contributed by atoms with Crippen LogP contribution >= 0.6 is 11.3 Å². The van der Waals surface area contributed by atoms with E-state index in [1.165, 1.54) is 11.3 Å². The highest BCUT2D eigenvalue weighted by Crippen LogP contribution is 2.38. The fourth-order valence-corrected chi connectivity index (χ4v) is 5.07. The number of nitrogens with one attached hydrogen (secondary N) is 1. The predicted octanol–water partition coefficient (Wildman–Crippen LogP) is 2.93. The van der Waals surface area contributed by atoms with Crippen molar-refractivity contribution in [1.82, 2.24) is 9.78 Å². The lowest BCUT2D eigenvalue weighted by molar-refractivity contribution is -0.119. The average Bonchev–Trinajstić information content (AvgIpc) is 3.40. The standard InChI is InChI=1S/C22H22N4O4S/c1-12-10-13(2)26(25-12)15-8-6-14(7-9-15)22(29)30-11-18(27)24-21-19(20(23)28)16-4-3-5-17(16)31-21/h6-10H,3-5,11H2,1-2H3,(H2,23,28)(H,24,27). The first-order valence-corrected chi connectivity index (χ1v) is 10.7. The Balaban J connectivity index is 1.37. The van der Waals surface area contributed by atoms with Crippen LogP contribution in [-0.2, 0) is 22.4 Å². The minimum atomic E-state index is -0.612. The number of aryl methyl sites for hydroxylation is 3. The van der Waals surface area contributed by atoms with E-state index in [4.69, 9.17) is 10.5 Å². The molecule has 0 unspecified atom stereocenters. The number of nitrogens with zero attached hydrogens (tertiary/aromatic N) is 2. The lowest BCUT2D eigenvalue weighted by atomic mass is 10.1. The number of rotatable bonds is 6. The van der Waals surface area contributed by atoms with E-state index in [2.05, 4.69) is 10.4 Å². The summed E-state index contributed by atoms with van der Waals surface area (Å²) in [7, 11) is 0. The Kier molecular flexibility index (Phi) is 5.60. The number of primary amides is 1. The van der Waals surface area contributed by atoms with Gasteiger partial charge in [-0.05, 0) is 69.0 Å². The molecule has 0 radical (unpaired) electrons. The van der Waals surface area contributed by atoms with Gasteiger partial charge in [0.05, 0.1) is 22.5 Å². The second-order valence-electron chi connectivity index (χ2n) is 7.44. The first kappa shape index (κ1) is 20.8. The maximum atomic E-state index is 12.3. The van der Waals surface area contributed by atoms with Gasteiger partial charge in [0, 0.05) is 10.6 Å². The third-order valence-corrected chi connectivity index (χ3v) is 6.32. The number of carbonyl (C=O) groups excluding carboxylic acids is 3. The molecule has 0 saturated heterocycles. The van der Waals surface area contributed by atoms with Crippen molar-refractivity contribution in [3.8, 4) is 5.69 Å². The number of aromatic nitrogens is 2. The summed E-state index contributed by atoms with van der Waals surface area (Å²) in [5, 5.41) is 7.49. The van der Waals surface area contributed by atoms with Crippen LogP contribution in [0.1, 0.15) is 49.0 Å². The number of ether oxygens (including phenoxy) is 1. The summed E-state index contributed by atoms with van der Waals surface area (Å²) in [5.74, 6) is -1.69. The second-order valence-corrected chi connectivity index (χ2v) is 8.54. The third kappa shape index (κ3) is 4.22. The van der Waals surface area contributed by atoms with Crippen LogP contribution in [0.5, 0.6) is 0 Å². The zero-order valence-corrected chi connectivity index (χ0v) is 18.0. The van der Waals surface area contributed by atoms with Gasteiger partial charge >= 0.3 is 5.97 Å². The molecule has 4 rings (SSSR count). The van der Waals surface area contributed by atoms with Crippen molar-refractivity contribution < 1.29 is 19.1 Å². The quantitative estimate of drug-likeness (QED) is 0.574. The fraction of sp³-hybridized carbons (Fsp3) is 0.273. The van der Waals surface area contributed by atoms with Crippen molar-refractivity contribution in [2.24, 2.45) is 5.73 Å². The van der Waals surface area contributed by atoms with Gasteiger partial charge in [0.25, 0.3) is 11.8 Å². The van der Waals surface area contributed by atoms with Crippen molar-refractivity contribution in [1.29, 1.82) is 0 Å². The highest BCUT2D eigenvalue weighted by atomic mass is 32.1. The molecule has 2 amide bonds. The molecule has 1 aliphatic carbocycles. The number of amides is 2. The van der Waals surface area contributed by atoms with Crippen LogP contribution in [0.25, 0.3) is 5.69 Å². The second kappa shape index (κ2) is 8.35. The number of nitrogens with two attached hydrogens (primary N) is 1. The summed E-state index contributed by atoms with van der Waals surface area (Å²) in [6, 6.07) is 8.75. The topological polar surface area (TPSA) is 116 Å². The maximum absolute atomic E-state index is 12.3. The number of anilines is 1. The van der Waals surface area contributed by atoms with E-state index in [9.17, 15) is 14.4 Å². The van der Waals surface area contributed by atoms with Crippen molar-refractivity contribution in [2.45, 2.75) is 33.1 Å². The summed E-state index contributed by atoms with van der Waals surface area (Å²) in [4.78, 5) is 37.5. The van der Waals surface area contributed by atoms with Crippen molar-refractivity contribution >= 4 is 34.1 Å². The molecule has 9 heteroatoms. The van der Waals surface area contributed by atoms with Gasteiger partial charge < -0.3 is 15.8 Å². The first-order chi connectivity index (χ1) is 14.8. The largest absolute Gasteiger partial charge is 0.452 e. The van der Waals surface area contributed by atoms with Gasteiger partial charge in [-0.15, -0.1) is 11.3 Å². The van der Waals surface area contributed by atoms with Gasteiger partial charge in [0.2, 0.25) is 0 Å². The fourth-order valence-electron chi connectivity index (χ4n) is 3.76. The Morgan fingerprint density at radius 3 is 2.58 bits per heavy atom. The van der Waals surface area contributed by atoms with E-state index in [0.29, 0.717) is 16.1 Å². The number of hydrogen-bond acceptors (Lipinski definition) is 6. The summed E-state index contributed by atoms with van der Waals surface area (Å²) in [6.45, 7) is 3.40. The van der Waals surface area contributed by atoms with E-state index in [-0.39, 0.29) is 0 Å². The molecule has 3 N–H and O–H groups in total. The van der Waals surface area contributed by atoms with E-state index in [0.717, 1.165) is 46.8 Å². The molecule has 31 heavy (non-hydrogen) atoms. The summed E-state index contributed by atoms with van der Waals surface area (Å²) in [6.07, 6.45) is 2.63. The molecule has 1 aliphatic rings. The van der Waals surface area contributed by atoms with Gasteiger partial charge in [-0.2, -0.15) is 5.10 Å². The molecule has 2 heterocycles. The molecular formula is C22H22N4O4S. The Bertz CT molecular complexity index is 1180. The zero-order valence-electron chi connectivity index (χ0n) is 17.2. The number of esters is 1. The van der Waals surface area contributed by atoms with Crippen LogP contribution < -0.4 is 11.1 Å². The van der Waals surface area contributed by atoms with E-state index >= 15 is 0 Å². The SMILES string of the molecule is Cc1cc(C)n(-c2ccc(C(=O)OCC(=O)Nc3sc4c(c3C(N)=O)CCC4)cc2)n1. The van der Waals surface area contributed by atoms with Crippen molar-refractivity contribution in [2.75, 3.05) is 11.9 Å². The smallest absolute Gasteiger partial charge is 0.338 e. The molecule has 2 aromatic heterocycles. The van der Waals surface area contributed by atoms with Crippen LogP contribution in [0.3, 0.4) is 0 Å². The van der Waals surface area contributed by atoms with Gasteiger partial charge in [-0.3, -0.25) is 9.59 Å². The van der Waals surface area contributed by atoms with Gasteiger partial charge in [-0.25, -0.2) is 9.48 Å². The molecule has 1 aromatic carbocycles. The zero-order chi connectivity index (χ0) is 22.1. The normalized spacial score (nSPS) is 12.5. The van der Waals surface area contributed by atoms with Crippen LogP contribution in [0.15, 0.2) is 30.3 Å². The molecule has 0 aliphatic heterocycles. The Morgan fingerprint density at radius 2 is 1.94 bits per heavy atom. The van der Waals surface area contributed by atoms with E-state index in [1.807, 2.05) is 19.9 Å². The molecular weight excluding hydrogens is 416 g/mol. The van der Waals surface area contributed by atoms with Crippen LogP contribution in [-0.4, -0.2) is 34.2 Å². The summed E-state index contributed by atoms with van der Waals surface area (Å²) < 4.78 is 6.91. The minimum absolute atomic E-state index is 0.325. The van der Waals surface area contributed by atoms with Crippen LogP contribution in [0.2, 0.25) is 0 Å². The van der Waals surface area contributed by atoms with E-state index in [1.54, 1.807) is 28.9 Å². The molecule has 0 spiro atoms. The number of fused-ring (bicyclic) bond motifs is 1. The van der Waals surface area contributed by atoms with Crippen molar-refractivity contribution in [3.05, 3.63) is 63.3 Å². The number of hydrogen-bond donors (Lipinski definition) is 2. The Labute approximate surface area is 183 Å². The highest BCUT2D eigenvalue weighted by molar-refractivity contribution is 7.17. The molecule has 160 valence electrons. The van der Waals surface area contributed by atoms with Crippen LogP contribution in [0, 0.1) is 13.8 Å². The highest BCUT2D eigenvalue weighted by Gasteiger charge is 2.26. The lowest BCUT2D eigenvalue weighted by Crippen LogP contribution is -2.22. The van der Waals surface area contributed by atoms with Gasteiger partial charge in [0.1, 0.15) is 5.00 Å². The number of thiophene rings is 1. The molecule has 0 fully saturated rings. The number of carbonyl (C=O) groups is 3. The van der Waals surface area contributed by atoms with Gasteiger partial charge in [0.15, 0.2) is 6.61 Å². The average molecular weight is 439 g/mol. The monoisotopic (exact) mass is 438 g/mol. The number of benzene rings is 1. The predicted molar refractivity (Wildman–Crippen MR) is 117 cm³/mol. The Morgan fingerprint density at radius 1 is 1.19 bits per heavy atom. The maximum Gasteiger partial charge on any atom is 0.338 e. The van der Waals surface area contributed by atoms with Crippen molar-refractivity contribution in [3.63, 3.8) is 0 Å². The first-order valence-electron chi connectivity index (χ1n) is 9.88. The van der Waals surface area contributed by atoms with Crippen LogP contribution in [0.4, 0.5) is 5.00 Å². The van der Waals surface area contributed by atoms with E-state index < -0.39 is 24.4 Å². The summed E-state index contributed by atoms with van der Waals surface area (Å²) in [5.41, 5.74) is 9.83. The Hall–Kier alpha value is -3.46. The third-order valence-electron chi connectivity index (χ3n) is 5.11. The lowest BCUT2D eigenvalue weighted by Gasteiger charge is -2.08. The molecule has 3 aromatic rings.